The molecule has 0 aromatic carbocycles. The third-order valence-corrected chi connectivity index (χ3v) is 3.11. The average molecular weight is 244 g/mol. The van der Waals surface area contributed by atoms with Crippen LogP contribution in [0.5, 0.6) is 0 Å². The van der Waals surface area contributed by atoms with Crippen molar-refractivity contribution in [2.75, 3.05) is 0 Å². The molecule has 72 valence electrons. The number of hydrogen-bond donors (Lipinski definition) is 1. The molecule has 1 aliphatic carbocycles. The van der Waals surface area contributed by atoms with Crippen molar-refractivity contribution >= 4 is 15.9 Å². The maximum Gasteiger partial charge on any atom is 0.169 e. The van der Waals surface area contributed by atoms with Crippen LogP contribution in [0.3, 0.4) is 0 Å². The van der Waals surface area contributed by atoms with Gasteiger partial charge in [0.05, 0.1) is 0 Å². The van der Waals surface area contributed by atoms with Gasteiger partial charge in [0, 0.05) is 11.5 Å². The zero-order chi connectivity index (χ0) is 9.47. The summed E-state index contributed by atoms with van der Waals surface area (Å²) in [6, 6.07) is 3.95. The highest BCUT2D eigenvalue weighted by Crippen LogP contribution is 2.41. The fourth-order valence-electron chi connectivity index (χ4n) is 1.67. The number of nitrogens with two attached hydrogens (primary N) is 1. The number of halogens is 1. The highest BCUT2D eigenvalue weighted by molar-refractivity contribution is 9.10. The van der Waals surface area contributed by atoms with E-state index >= 15 is 0 Å². The molecule has 0 aliphatic heterocycles. The molecule has 1 aliphatic rings. The van der Waals surface area contributed by atoms with Gasteiger partial charge < -0.3 is 10.2 Å². The molecule has 13 heavy (non-hydrogen) atoms. The Morgan fingerprint density at radius 2 is 2.31 bits per heavy atom. The van der Waals surface area contributed by atoms with Crippen molar-refractivity contribution in [1.82, 2.24) is 0 Å². The molecule has 1 aromatic rings. The summed E-state index contributed by atoms with van der Waals surface area (Å²) in [6.07, 6.45) is 3.37. The van der Waals surface area contributed by atoms with E-state index in [2.05, 4.69) is 22.9 Å². The van der Waals surface area contributed by atoms with Gasteiger partial charge in [0.2, 0.25) is 0 Å². The summed E-state index contributed by atoms with van der Waals surface area (Å²) in [7, 11) is 0. The molecule has 0 bridgehead atoms. The predicted molar refractivity (Wildman–Crippen MR) is 55.6 cm³/mol. The van der Waals surface area contributed by atoms with E-state index in [0.717, 1.165) is 16.9 Å². The van der Waals surface area contributed by atoms with Crippen LogP contribution in [0.2, 0.25) is 0 Å². The largest absolute Gasteiger partial charge is 0.454 e. The molecule has 0 saturated heterocycles. The van der Waals surface area contributed by atoms with Gasteiger partial charge in [0.1, 0.15) is 5.76 Å². The molecule has 3 heteroatoms. The van der Waals surface area contributed by atoms with Gasteiger partial charge in [-0.2, -0.15) is 0 Å². The van der Waals surface area contributed by atoms with E-state index in [4.69, 9.17) is 10.2 Å². The van der Waals surface area contributed by atoms with E-state index < -0.39 is 0 Å². The first-order valence-electron chi connectivity index (χ1n) is 4.63. The van der Waals surface area contributed by atoms with Crippen LogP contribution in [-0.2, 0) is 0 Å². The molecule has 0 amide bonds. The zero-order valence-electron chi connectivity index (χ0n) is 7.72. The van der Waals surface area contributed by atoms with Crippen molar-refractivity contribution in [3.63, 3.8) is 0 Å². The van der Waals surface area contributed by atoms with Crippen LogP contribution < -0.4 is 5.73 Å². The minimum atomic E-state index is 0.110. The molecule has 1 atom stereocenters. The minimum Gasteiger partial charge on any atom is -0.454 e. The van der Waals surface area contributed by atoms with Gasteiger partial charge in [0.25, 0.3) is 0 Å². The first kappa shape index (κ1) is 9.28. The van der Waals surface area contributed by atoms with Gasteiger partial charge in [0.15, 0.2) is 4.67 Å². The van der Waals surface area contributed by atoms with Crippen LogP contribution in [0, 0.1) is 0 Å². The topological polar surface area (TPSA) is 39.2 Å². The number of rotatable bonds is 3. The van der Waals surface area contributed by atoms with Crippen molar-refractivity contribution in [2.45, 2.75) is 37.6 Å². The first-order chi connectivity index (χ1) is 6.09. The lowest BCUT2D eigenvalue weighted by molar-refractivity contribution is 0.421. The molecular weight excluding hydrogens is 230 g/mol. The van der Waals surface area contributed by atoms with E-state index in [1.54, 1.807) is 0 Å². The Kier molecular flexibility index (Phi) is 2.24. The summed E-state index contributed by atoms with van der Waals surface area (Å²) in [4.78, 5) is 0. The normalized spacial score (nSPS) is 21.5. The van der Waals surface area contributed by atoms with Gasteiger partial charge in [-0.15, -0.1) is 0 Å². The Morgan fingerprint density at radius 1 is 1.62 bits per heavy atom. The van der Waals surface area contributed by atoms with Gasteiger partial charge in [-0.25, -0.2) is 0 Å². The van der Waals surface area contributed by atoms with Gasteiger partial charge in [-0.05, 0) is 47.3 Å². The minimum absolute atomic E-state index is 0.110. The summed E-state index contributed by atoms with van der Waals surface area (Å²) in [5, 5.41) is 0. The van der Waals surface area contributed by atoms with Crippen molar-refractivity contribution in [2.24, 2.45) is 5.73 Å². The van der Waals surface area contributed by atoms with Crippen LogP contribution >= 0.6 is 15.9 Å². The monoisotopic (exact) mass is 243 g/mol. The van der Waals surface area contributed by atoms with Crippen molar-refractivity contribution in [3.8, 4) is 0 Å². The summed E-state index contributed by atoms with van der Waals surface area (Å²) in [5.74, 6) is 1.46. The Hall–Kier alpha value is -0.280. The second kappa shape index (κ2) is 3.14. The third kappa shape index (κ3) is 2.15. The van der Waals surface area contributed by atoms with Crippen LogP contribution in [0.25, 0.3) is 0 Å². The smallest absolute Gasteiger partial charge is 0.169 e. The lowest BCUT2D eigenvalue weighted by Gasteiger charge is -2.13. The predicted octanol–water partition coefficient (Wildman–Crippen LogP) is 3.03. The Balaban J connectivity index is 2.00. The Bertz CT molecular complexity index is 304. The summed E-state index contributed by atoms with van der Waals surface area (Å²) in [6.45, 7) is 2.16. The first-order valence-corrected chi connectivity index (χ1v) is 5.42. The van der Waals surface area contributed by atoms with Crippen molar-refractivity contribution in [1.29, 1.82) is 0 Å². The lowest BCUT2D eigenvalue weighted by Crippen LogP contribution is -2.23. The molecule has 2 nitrogen and oxygen atoms in total. The number of hydrogen-bond acceptors (Lipinski definition) is 2. The van der Waals surface area contributed by atoms with Crippen molar-refractivity contribution < 1.29 is 4.42 Å². The molecular formula is C10H14BrNO. The molecule has 1 unspecified atom stereocenters. The second-order valence-corrected chi connectivity index (χ2v) is 4.89. The quantitative estimate of drug-likeness (QED) is 0.887. The van der Waals surface area contributed by atoms with Crippen LogP contribution in [-0.4, -0.2) is 5.54 Å². The fraction of sp³-hybridized carbons (Fsp3) is 0.600. The van der Waals surface area contributed by atoms with Gasteiger partial charge >= 0.3 is 0 Å². The molecule has 1 saturated carbocycles. The van der Waals surface area contributed by atoms with Crippen molar-refractivity contribution in [3.05, 3.63) is 22.6 Å². The molecule has 1 heterocycles. The molecule has 0 radical (unpaired) electrons. The average Bonchev–Trinajstić information content (AvgIpc) is 2.62. The maximum absolute atomic E-state index is 6.04. The summed E-state index contributed by atoms with van der Waals surface area (Å²) >= 11 is 3.30. The number of furan rings is 1. The van der Waals surface area contributed by atoms with E-state index in [1.165, 1.54) is 12.8 Å². The standard InChI is InChI=1S/C10H14BrNO/c1-7(6-10(12)4-5-10)8-2-3-9(11)13-8/h2-3,7H,4-6,12H2,1H3. The maximum atomic E-state index is 6.04. The molecule has 2 rings (SSSR count). The Morgan fingerprint density at radius 3 is 2.77 bits per heavy atom. The summed E-state index contributed by atoms with van der Waals surface area (Å²) in [5.41, 5.74) is 6.15. The van der Waals surface area contributed by atoms with Gasteiger partial charge in [-0.1, -0.05) is 6.92 Å². The highest BCUT2D eigenvalue weighted by atomic mass is 79.9. The Labute approximate surface area is 86.6 Å². The molecule has 0 spiro atoms. The van der Waals surface area contributed by atoms with Crippen LogP contribution in [0.4, 0.5) is 0 Å². The van der Waals surface area contributed by atoms with E-state index in [-0.39, 0.29) is 5.54 Å². The van der Waals surface area contributed by atoms with Gasteiger partial charge in [-0.3, -0.25) is 0 Å². The highest BCUT2D eigenvalue weighted by Gasteiger charge is 2.39. The summed E-state index contributed by atoms with van der Waals surface area (Å²) < 4.78 is 6.28. The lowest BCUT2D eigenvalue weighted by atomic mass is 9.98. The van der Waals surface area contributed by atoms with E-state index in [1.807, 2.05) is 12.1 Å². The van der Waals surface area contributed by atoms with E-state index in [0.29, 0.717) is 5.92 Å². The second-order valence-electron chi connectivity index (χ2n) is 4.11. The van der Waals surface area contributed by atoms with Crippen LogP contribution in [0.1, 0.15) is 37.9 Å². The molecule has 1 fully saturated rings. The SMILES string of the molecule is CC(CC1(N)CC1)c1ccc(Br)o1. The molecule has 2 N–H and O–H groups in total. The van der Waals surface area contributed by atoms with E-state index in [9.17, 15) is 0 Å². The third-order valence-electron chi connectivity index (χ3n) is 2.68. The fourth-order valence-corrected chi connectivity index (χ4v) is 1.99. The van der Waals surface area contributed by atoms with Crippen LogP contribution in [0.15, 0.2) is 21.2 Å². The molecule has 1 aromatic heterocycles. The zero-order valence-corrected chi connectivity index (χ0v) is 9.30.